The summed E-state index contributed by atoms with van der Waals surface area (Å²) in [7, 11) is 1.71. The Kier molecular flexibility index (Phi) is 4.33. The molecule has 0 aromatic carbocycles. The van der Waals surface area contributed by atoms with Crippen LogP contribution in [-0.4, -0.2) is 13.7 Å². The van der Waals surface area contributed by atoms with E-state index in [4.69, 9.17) is 10.00 Å². The number of rotatable bonds is 3. The van der Waals surface area contributed by atoms with E-state index in [2.05, 4.69) is 5.32 Å². The van der Waals surface area contributed by atoms with Gasteiger partial charge in [-0.2, -0.15) is 5.26 Å². The third kappa shape index (κ3) is 3.42. The second-order valence-electron chi connectivity index (χ2n) is 1.32. The average molecular weight is 126 g/mol. The van der Waals surface area contributed by atoms with E-state index in [9.17, 15) is 0 Å². The van der Waals surface area contributed by atoms with Crippen LogP contribution in [0.2, 0.25) is 0 Å². The van der Waals surface area contributed by atoms with E-state index in [0.29, 0.717) is 12.5 Å². The molecule has 0 aliphatic rings. The average Bonchev–Trinajstić information content (AvgIpc) is 1.88. The highest BCUT2D eigenvalue weighted by Crippen LogP contribution is 1.87. The number of nitriles is 1. The van der Waals surface area contributed by atoms with Gasteiger partial charge in [0.2, 0.25) is 0 Å². The van der Waals surface area contributed by atoms with Crippen LogP contribution in [-0.2, 0) is 4.74 Å². The predicted molar refractivity (Wildman–Crippen MR) is 34.4 cm³/mol. The number of nitrogens with one attached hydrogen (secondary N) is 1. The Morgan fingerprint density at radius 1 is 1.89 bits per heavy atom. The molecule has 0 amide bonds. The fraction of sp³-hybridized carbons (Fsp3) is 0.500. The Hall–Kier alpha value is -1.17. The number of hydrogen-bond donors (Lipinski definition) is 1. The van der Waals surface area contributed by atoms with E-state index in [0.717, 1.165) is 0 Å². The maximum Gasteiger partial charge on any atom is 0.197 e. The van der Waals surface area contributed by atoms with E-state index in [-0.39, 0.29) is 0 Å². The minimum absolute atomic E-state index is 0.514. The van der Waals surface area contributed by atoms with Gasteiger partial charge in [-0.3, -0.25) is 0 Å². The zero-order valence-electron chi connectivity index (χ0n) is 5.64. The van der Waals surface area contributed by atoms with Crippen LogP contribution in [0.25, 0.3) is 0 Å². The number of hydrogen-bond acceptors (Lipinski definition) is 3. The Morgan fingerprint density at radius 2 is 2.56 bits per heavy atom. The molecule has 0 atom stereocenters. The van der Waals surface area contributed by atoms with E-state index >= 15 is 0 Å². The first kappa shape index (κ1) is 7.83. The van der Waals surface area contributed by atoms with Crippen molar-refractivity contribution in [2.75, 3.05) is 13.7 Å². The van der Waals surface area contributed by atoms with Crippen molar-refractivity contribution in [3.8, 4) is 6.07 Å². The topological polar surface area (TPSA) is 45.0 Å². The highest BCUT2D eigenvalue weighted by molar-refractivity contribution is 5.05. The van der Waals surface area contributed by atoms with E-state index in [1.807, 2.05) is 13.0 Å². The molecule has 0 aromatic rings. The van der Waals surface area contributed by atoms with Crippen molar-refractivity contribution in [1.29, 1.82) is 5.26 Å². The van der Waals surface area contributed by atoms with Crippen molar-refractivity contribution in [3.63, 3.8) is 0 Å². The molecule has 0 radical (unpaired) electrons. The molecule has 0 bridgehead atoms. The largest absolute Gasteiger partial charge is 0.479 e. The lowest BCUT2D eigenvalue weighted by molar-refractivity contribution is 0.211. The number of nitrogens with zero attached hydrogens (tertiary/aromatic N) is 1. The summed E-state index contributed by atoms with van der Waals surface area (Å²) in [5.41, 5.74) is 0. The number of allylic oxidation sites excluding steroid dienone is 1. The normalized spacial score (nSPS) is 10.1. The molecular weight excluding hydrogens is 116 g/mol. The molecule has 0 saturated heterocycles. The van der Waals surface area contributed by atoms with Gasteiger partial charge in [-0.25, -0.2) is 0 Å². The molecule has 0 saturated carbocycles. The van der Waals surface area contributed by atoms with Crippen LogP contribution in [0.4, 0.5) is 0 Å². The van der Waals surface area contributed by atoms with Gasteiger partial charge in [0.1, 0.15) is 0 Å². The molecule has 0 heterocycles. The third-order valence-corrected chi connectivity index (χ3v) is 0.742. The standard InChI is InChI=1S/C6H10N2O/c1-3-9-6(8-2)4-5-7/h4,8H,3H2,1-2H3/b6-4-. The van der Waals surface area contributed by atoms with Gasteiger partial charge in [0.15, 0.2) is 5.88 Å². The van der Waals surface area contributed by atoms with Crippen LogP contribution >= 0.6 is 0 Å². The fourth-order valence-corrected chi connectivity index (χ4v) is 0.400. The molecule has 1 N–H and O–H groups in total. The van der Waals surface area contributed by atoms with Gasteiger partial charge < -0.3 is 10.1 Å². The summed E-state index contributed by atoms with van der Waals surface area (Å²) in [6, 6.07) is 1.85. The first-order chi connectivity index (χ1) is 4.35. The van der Waals surface area contributed by atoms with Crippen LogP contribution in [0, 0.1) is 11.3 Å². The molecule has 0 aliphatic heterocycles. The maximum atomic E-state index is 8.15. The Morgan fingerprint density at radius 3 is 2.89 bits per heavy atom. The minimum atomic E-state index is 0.514. The van der Waals surface area contributed by atoms with Gasteiger partial charge in [0.05, 0.1) is 18.8 Å². The van der Waals surface area contributed by atoms with Crippen LogP contribution in [0.1, 0.15) is 6.92 Å². The van der Waals surface area contributed by atoms with Crippen LogP contribution in [0.3, 0.4) is 0 Å². The van der Waals surface area contributed by atoms with Crippen molar-refractivity contribution >= 4 is 0 Å². The maximum absolute atomic E-state index is 8.15. The summed E-state index contributed by atoms with van der Waals surface area (Å²) < 4.78 is 4.96. The second-order valence-corrected chi connectivity index (χ2v) is 1.32. The molecule has 0 unspecified atom stereocenters. The molecule has 0 aliphatic carbocycles. The first-order valence-corrected chi connectivity index (χ1v) is 2.75. The summed E-state index contributed by atoms with van der Waals surface area (Å²) in [6.45, 7) is 2.44. The van der Waals surface area contributed by atoms with E-state index in [1.54, 1.807) is 7.05 Å². The lowest BCUT2D eigenvalue weighted by atomic mass is 10.6. The monoisotopic (exact) mass is 126 g/mol. The lowest BCUT2D eigenvalue weighted by Gasteiger charge is -2.03. The molecule has 3 heteroatoms. The minimum Gasteiger partial charge on any atom is -0.479 e. The highest BCUT2D eigenvalue weighted by Gasteiger charge is 1.87. The highest BCUT2D eigenvalue weighted by atomic mass is 16.5. The lowest BCUT2D eigenvalue weighted by Crippen LogP contribution is -2.08. The van der Waals surface area contributed by atoms with E-state index in [1.165, 1.54) is 6.08 Å². The summed E-state index contributed by atoms with van der Waals surface area (Å²) in [6.07, 6.45) is 1.32. The zero-order chi connectivity index (χ0) is 7.11. The number of ether oxygens (including phenoxy) is 1. The van der Waals surface area contributed by atoms with Crippen molar-refractivity contribution < 1.29 is 4.74 Å². The Balaban J connectivity index is 3.70. The molecule has 0 rings (SSSR count). The van der Waals surface area contributed by atoms with Gasteiger partial charge in [0, 0.05) is 7.05 Å². The molecule has 9 heavy (non-hydrogen) atoms. The summed E-state index contributed by atoms with van der Waals surface area (Å²) in [5, 5.41) is 10.9. The molecule has 0 fully saturated rings. The molecule has 0 aromatic heterocycles. The van der Waals surface area contributed by atoms with Crippen molar-refractivity contribution in [1.82, 2.24) is 5.32 Å². The van der Waals surface area contributed by atoms with Crippen LogP contribution in [0.5, 0.6) is 0 Å². The van der Waals surface area contributed by atoms with Gasteiger partial charge in [0.25, 0.3) is 0 Å². The summed E-state index contributed by atoms with van der Waals surface area (Å²) >= 11 is 0. The Labute approximate surface area is 54.9 Å². The summed E-state index contributed by atoms with van der Waals surface area (Å²) in [4.78, 5) is 0. The molecule has 50 valence electrons. The predicted octanol–water partition coefficient (Wildman–Crippen LogP) is 0.607. The molecule has 3 nitrogen and oxygen atoms in total. The smallest absolute Gasteiger partial charge is 0.197 e. The van der Waals surface area contributed by atoms with Gasteiger partial charge in [-0.05, 0) is 6.92 Å². The Bertz CT molecular complexity index is 134. The van der Waals surface area contributed by atoms with Gasteiger partial charge >= 0.3 is 0 Å². The quantitative estimate of drug-likeness (QED) is 0.445. The van der Waals surface area contributed by atoms with Crippen molar-refractivity contribution in [2.24, 2.45) is 0 Å². The molecular formula is C6H10N2O. The van der Waals surface area contributed by atoms with Crippen LogP contribution < -0.4 is 5.32 Å². The van der Waals surface area contributed by atoms with Crippen molar-refractivity contribution in [2.45, 2.75) is 6.92 Å². The van der Waals surface area contributed by atoms with Gasteiger partial charge in [-0.15, -0.1) is 0 Å². The zero-order valence-corrected chi connectivity index (χ0v) is 5.64. The molecule has 0 spiro atoms. The summed E-state index contributed by atoms with van der Waals surface area (Å²) in [5.74, 6) is 0.514. The SMILES string of the molecule is CCO/C(=C\C#N)NC. The fourth-order valence-electron chi connectivity index (χ4n) is 0.400. The van der Waals surface area contributed by atoms with E-state index < -0.39 is 0 Å². The van der Waals surface area contributed by atoms with Crippen LogP contribution in [0.15, 0.2) is 12.0 Å². The van der Waals surface area contributed by atoms with Gasteiger partial charge in [-0.1, -0.05) is 0 Å². The second kappa shape index (κ2) is 4.98. The van der Waals surface area contributed by atoms with Crippen molar-refractivity contribution in [3.05, 3.63) is 12.0 Å². The first-order valence-electron chi connectivity index (χ1n) is 2.75. The third-order valence-electron chi connectivity index (χ3n) is 0.742.